The number of hydrogen-bond acceptors (Lipinski definition) is 3. The Balaban J connectivity index is 1.90. The summed E-state index contributed by atoms with van der Waals surface area (Å²) in [6, 6.07) is 1.83. The van der Waals surface area contributed by atoms with Crippen LogP contribution in [0.15, 0.2) is 0 Å². The van der Waals surface area contributed by atoms with Crippen LogP contribution in [0.5, 0.6) is 0 Å². The van der Waals surface area contributed by atoms with E-state index in [9.17, 15) is 0 Å². The lowest BCUT2D eigenvalue weighted by molar-refractivity contribution is 0.0570. The van der Waals surface area contributed by atoms with E-state index in [1.54, 1.807) is 0 Å². The summed E-state index contributed by atoms with van der Waals surface area (Å²) < 4.78 is 0. The van der Waals surface area contributed by atoms with Gasteiger partial charge in [0.25, 0.3) is 0 Å². The summed E-state index contributed by atoms with van der Waals surface area (Å²) in [4.78, 5) is 5.08. The quantitative estimate of drug-likeness (QED) is 0.850. The van der Waals surface area contributed by atoms with E-state index in [4.69, 9.17) is 5.73 Å². The number of nitrogens with zero attached hydrogens (tertiary/aromatic N) is 2. The number of hydrogen-bond donors (Lipinski definition) is 1. The van der Waals surface area contributed by atoms with Crippen LogP contribution < -0.4 is 5.73 Å². The molecule has 3 nitrogen and oxygen atoms in total. The summed E-state index contributed by atoms with van der Waals surface area (Å²) in [6.07, 6.45) is 6.50. The zero-order valence-corrected chi connectivity index (χ0v) is 13.3. The highest BCUT2D eigenvalue weighted by atomic mass is 15.2. The zero-order valence-electron chi connectivity index (χ0n) is 13.3. The minimum Gasteiger partial charge on any atom is -0.326 e. The molecule has 19 heavy (non-hydrogen) atoms. The summed E-state index contributed by atoms with van der Waals surface area (Å²) >= 11 is 0. The Labute approximate surface area is 119 Å². The average molecular weight is 267 g/mol. The number of rotatable bonds is 3. The first-order valence-corrected chi connectivity index (χ1v) is 8.15. The van der Waals surface area contributed by atoms with E-state index in [0.717, 1.165) is 17.9 Å². The van der Waals surface area contributed by atoms with Crippen molar-refractivity contribution < 1.29 is 0 Å². The standard InChI is InChI=1S/C16H33N3/c1-12(2)13-5-6-15(17)16(11-13)19-9-7-14(8-10-19)18(3)4/h12-16H,5-11,17H2,1-4H3. The molecular weight excluding hydrogens is 234 g/mol. The van der Waals surface area contributed by atoms with Crippen molar-refractivity contribution >= 4 is 0 Å². The molecule has 3 unspecified atom stereocenters. The maximum absolute atomic E-state index is 6.41. The van der Waals surface area contributed by atoms with E-state index in [1.165, 1.54) is 45.2 Å². The third kappa shape index (κ3) is 3.71. The molecule has 3 atom stereocenters. The van der Waals surface area contributed by atoms with Crippen LogP contribution in [0.3, 0.4) is 0 Å². The van der Waals surface area contributed by atoms with Gasteiger partial charge in [0.15, 0.2) is 0 Å². The Bertz CT molecular complexity index is 269. The topological polar surface area (TPSA) is 32.5 Å². The molecule has 1 heterocycles. The summed E-state index contributed by atoms with van der Waals surface area (Å²) in [5, 5.41) is 0. The molecule has 1 aliphatic carbocycles. The Kier molecular flexibility index (Phi) is 5.27. The third-order valence-electron chi connectivity index (χ3n) is 5.55. The first-order valence-electron chi connectivity index (χ1n) is 8.15. The Morgan fingerprint density at radius 1 is 1.05 bits per heavy atom. The van der Waals surface area contributed by atoms with Crippen molar-refractivity contribution in [2.24, 2.45) is 17.6 Å². The summed E-state index contributed by atoms with van der Waals surface area (Å²) in [5.41, 5.74) is 6.41. The molecule has 1 saturated heterocycles. The molecule has 2 fully saturated rings. The van der Waals surface area contributed by atoms with Crippen LogP contribution in [0, 0.1) is 11.8 Å². The molecule has 1 saturated carbocycles. The molecule has 0 radical (unpaired) electrons. The lowest BCUT2D eigenvalue weighted by Crippen LogP contribution is -2.55. The lowest BCUT2D eigenvalue weighted by atomic mass is 9.76. The lowest BCUT2D eigenvalue weighted by Gasteiger charge is -2.45. The zero-order chi connectivity index (χ0) is 14.0. The highest BCUT2D eigenvalue weighted by molar-refractivity contribution is 4.92. The van der Waals surface area contributed by atoms with E-state index >= 15 is 0 Å². The third-order valence-corrected chi connectivity index (χ3v) is 5.55. The molecule has 0 bridgehead atoms. The van der Waals surface area contributed by atoms with Crippen molar-refractivity contribution in [1.29, 1.82) is 0 Å². The van der Waals surface area contributed by atoms with Crippen LogP contribution >= 0.6 is 0 Å². The average Bonchev–Trinajstić information content (AvgIpc) is 2.39. The predicted molar refractivity (Wildman–Crippen MR) is 82.2 cm³/mol. The molecule has 0 aromatic carbocycles. The largest absolute Gasteiger partial charge is 0.326 e. The van der Waals surface area contributed by atoms with Crippen molar-refractivity contribution in [3.05, 3.63) is 0 Å². The van der Waals surface area contributed by atoms with Gasteiger partial charge in [-0.3, -0.25) is 4.90 Å². The molecule has 3 heteroatoms. The van der Waals surface area contributed by atoms with Crippen LogP contribution in [0.25, 0.3) is 0 Å². The van der Waals surface area contributed by atoms with Gasteiger partial charge >= 0.3 is 0 Å². The van der Waals surface area contributed by atoms with E-state index < -0.39 is 0 Å². The number of nitrogens with two attached hydrogens (primary N) is 1. The van der Waals surface area contributed by atoms with Gasteiger partial charge in [-0.05, 0) is 71.1 Å². The van der Waals surface area contributed by atoms with E-state index in [-0.39, 0.29) is 0 Å². The first-order chi connectivity index (χ1) is 8.99. The molecule has 1 aliphatic heterocycles. The normalized spacial score (nSPS) is 35.2. The summed E-state index contributed by atoms with van der Waals surface area (Å²) in [7, 11) is 4.42. The van der Waals surface area contributed by atoms with Gasteiger partial charge in [-0.2, -0.15) is 0 Å². The van der Waals surface area contributed by atoms with Gasteiger partial charge in [0.2, 0.25) is 0 Å². The molecule has 2 N–H and O–H groups in total. The number of piperidine rings is 1. The van der Waals surface area contributed by atoms with E-state index in [0.29, 0.717) is 12.1 Å². The van der Waals surface area contributed by atoms with Crippen molar-refractivity contribution in [2.45, 2.75) is 64.1 Å². The maximum atomic E-state index is 6.41. The van der Waals surface area contributed by atoms with Crippen molar-refractivity contribution in [1.82, 2.24) is 9.80 Å². The van der Waals surface area contributed by atoms with Crippen LogP contribution in [0.1, 0.15) is 46.0 Å². The van der Waals surface area contributed by atoms with Gasteiger partial charge in [0.1, 0.15) is 0 Å². The molecule has 2 aliphatic rings. The minimum atomic E-state index is 0.408. The fourth-order valence-corrected chi connectivity index (χ4v) is 3.96. The first kappa shape index (κ1) is 15.3. The molecule has 0 aromatic heterocycles. The fraction of sp³-hybridized carbons (Fsp3) is 1.00. The SMILES string of the molecule is CC(C)C1CCC(N)C(N2CCC(N(C)C)CC2)C1. The number of likely N-dealkylation sites (tertiary alicyclic amines) is 1. The molecule has 0 aromatic rings. The molecular formula is C16H33N3. The Hall–Kier alpha value is -0.120. The van der Waals surface area contributed by atoms with Crippen LogP contribution in [0.2, 0.25) is 0 Å². The van der Waals surface area contributed by atoms with Crippen molar-refractivity contribution in [3.8, 4) is 0 Å². The fourth-order valence-electron chi connectivity index (χ4n) is 3.96. The van der Waals surface area contributed by atoms with Gasteiger partial charge in [0.05, 0.1) is 0 Å². The highest BCUT2D eigenvalue weighted by Gasteiger charge is 2.35. The molecule has 0 spiro atoms. The smallest absolute Gasteiger partial charge is 0.0249 e. The Morgan fingerprint density at radius 3 is 2.21 bits per heavy atom. The van der Waals surface area contributed by atoms with E-state index in [2.05, 4.69) is 37.7 Å². The predicted octanol–water partition coefficient (Wildman–Crippen LogP) is 2.16. The minimum absolute atomic E-state index is 0.408. The second-order valence-corrected chi connectivity index (χ2v) is 7.28. The monoisotopic (exact) mass is 267 g/mol. The van der Waals surface area contributed by atoms with Gasteiger partial charge in [-0.15, -0.1) is 0 Å². The van der Waals surface area contributed by atoms with Crippen molar-refractivity contribution in [3.63, 3.8) is 0 Å². The van der Waals surface area contributed by atoms with Gasteiger partial charge in [-0.1, -0.05) is 13.8 Å². The van der Waals surface area contributed by atoms with Gasteiger partial charge in [-0.25, -0.2) is 0 Å². The maximum Gasteiger partial charge on any atom is 0.0249 e. The second kappa shape index (κ2) is 6.55. The molecule has 0 amide bonds. The van der Waals surface area contributed by atoms with Gasteiger partial charge < -0.3 is 10.6 Å². The summed E-state index contributed by atoms with van der Waals surface area (Å²) in [5.74, 6) is 1.70. The van der Waals surface area contributed by atoms with Crippen molar-refractivity contribution in [2.75, 3.05) is 27.2 Å². The van der Waals surface area contributed by atoms with E-state index in [1.807, 2.05) is 0 Å². The van der Waals surface area contributed by atoms with Crippen LogP contribution in [-0.4, -0.2) is 55.1 Å². The Morgan fingerprint density at radius 2 is 1.68 bits per heavy atom. The summed E-state index contributed by atoms with van der Waals surface area (Å²) in [6.45, 7) is 7.23. The van der Waals surface area contributed by atoms with Crippen LogP contribution in [0.4, 0.5) is 0 Å². The second-order valence-electron chi connectivity index (χ2n) is 7.28. The molecule has 112 valence electrons. The highest BCUT2D eigenvalue weighted by Crippen LogP contribution is 2.33. The molecule has 2 rings (SSSR count). The van der Waals surface area contributed by atoms with Gasteiger partial charge in [0, 0.05) is 18.1 Å². The van der Waals surface area contributed by atoms with Crippen LogP contribution in [-0.2, 0) is 0 Å².